The minimum absolute atomic E-state index is 0.161. The summed E-state index contributed by atoms with van der Waals surface area (Å²) in [5.41, 5.74) is -5.33. The van der Waals surface area contributed by atoms with Crippen LogP contribution < -0.4 is 16.4 Å². The number of hydrogen-bond acceptors (Lipinski definition) is 7. The number of aromatic amines is 1. The molecule has 0 unspecified atom stereocenters. The zero-order valence-electron chi connectivity index (χ0n) is 21.3. The molecule has 0 radical (unpaired) electrons. The van der Waals surface area contributed by atoms with Crippen LogP contribution in [-0.2, 0) is 12.7 Å². The van der Waals surface area contributed by atoms with E-state index in [0.29, 0.717) is 12.4 Å². The van der Waals surface area contributed by atoms with Crippen molar-refractivity contribution in [3.8, 4) is 11.4 Å². The van der Waals surface area contributed by atoms with Crippen LogP contribution in [-0.4, -0.2) is 48.2 Å². The summed E-state index contributed by atoms with van der Waals surface area (Å²) in [6, 6.07) is 2.44. The molecule has 0 bridgehead atoms. The lowest BCUT2D eigenvalue weighted by molar-refractivity contribution is -0.206. The summed E-state index contributed by atoms with van der Waals surface area (Å²) in [4.78, 5) is 31.9. The van der Waals surface area contributed by atoms with Crippen molar-refractivity contribution in [1.82, 2.24) is 24.7 Å². The smallest absolute Gasteiger partial charge is 0.381 e. The van der Waals surface area contributed by atoms with Crippen molar-refractivity contribution in [1.29, 1.82) is 0 Å². The summed E-state index contributed by atoms with van der Waals surface area (Å²) >= 11 is 0. The highest BCUT2D eigenvalue weighted by atomic mass is 19.4. The Morgan fingerprint density at radius 2 is 1.74 bits per heavy atom. The van der Waals surface area contributed by atoms with Gasteiger partial charge in [0, 0.05) is 36.6 Å². The standard InChI is InChI=1S/C25H20F8N6O3/c1-11(37-18-9-36-38-22(41)19(18)24(28,29)30)4-14(26)10-39-3-2-12-5-16(17(27)6-15(12)23(39)42)21-34-7-13(8-35-21)20(40)25(31,32)33/h2-3,5-9,11,14,20,40H,4,10H2,1H3,(H2,37,38,41)/t11-,14+,20-/m1/s1. The van der Waals surface area contributed by atoms with Crippen LogP contribution in [0.1, 0.15) is 30.6 Å². The first-order valence-corrected chi connectivity index (χ1v) is 12.0. The van der Waals surface area contributed by atoms with Gasteiger partial charge in [0.15, 0.2) is 11.9 Å². The summed E-state index contributed by atoms with van der Waals surface area (Å²) in [6.45, 7) is 0.836. The number of benzene rings is 1. The molecular formula is C25H20F8N6O3. The Hall–Kier alpha value is -4.41. The highest BCUT2D eigenvalue weighted by Gasteiger charge is 2.40. The zero-order chi connectivity index (χ0) is 31.0. The van der Waals surface area contributed by atoms with Gasteiger partial charge in [-0.15, -0.1) is 0 Å². The second-order valence-corrected chi connectivity index (χ2v) is 9.34. The van der Waals surface area contributed by atoms with Crippen LogP contribution in [0.15, 0.2) is 52.6 Å². The molecule has 224 valence electrons. The van der Waals surface area contributed by atoms with E-state index in [1.165, 1.54) is 25.3 Å². The van der Waals surface area contributed by atoms with E-state index < -0.39 is 71.0 Å². The Balaban J connectivity index is 1.51. The van der Waals surface area contributed by atoms with Crippen LogP contribution >= 0.6 is 0 Å². The summed E-state index contributed by atoms with van der Waals surface area (Å²) in [6.07, 6.45) is -11.6. The second-order valence-electron chi connectivity index (χ2n) is 9.34. The Bertz CT molecular complexity index is 1700. The van der Waals surface area contributed by atoms with Crippen LogP contribution in [0, 0.1) is 5.82 Å². The van der Waals surface area contributed by atoms with Crippen LogP contribution in [0.25, 0.3) is 22.2 Å². The molecule has 3 heterocycles. The van der Waals surface area contributed by atoms with E-state index in [-0.39, 0.29) is 28.6 Å². The Morgan fingerprint density at radius 1 is 1.07 bits per heavy atom. The number of rotatable bonds is 8. The quantitative estimate of drug-likeness (QED) is 0.253. The fraction of sp³-hybridized carbons (Fsp3) is 0.320. The molecule has 1 aromatic carbocycles. The van der Waals surface area contributed by atoms with E-state index in [1.54, 1.807) is 5.10 Å². The molecule has 3 atom stereocenters. The minimum Gasteiger partial charge on any atom is -0.381 e. The van der Waals surface area contributed by atoms with Gasteiger partial charge in [-0.1, -0.05) is 0 Å². The number of nitrogens with one attached hydrogen (secondary N) is 2. The van der Waals surface area contributed by atoms with Crippen molar-refractivity contribution >= 4 is 16.5 Å². The predicted molar refractivity (Wildman–Crippen MR) is 133 cm³/mol. The normalized spacial score (nSPS) is 14.5. The van der Waals surface area contributed by atoms with Gasteiger partial charge in [0.2, 0.25) is 0 Å². The van der Waals surface area contributed by atoms with Crippen molar-refractivity contribution in [2.24, 2.45) is 0 Å². The SMILES string of the molecule is C[C@H](C[C@H](F)Cn1ccc2cc(-c3ncc([C@@H](O)C(F)(F)F)cn3)c(F)cc2c1=O)Nc1cn[nH]c(=O)c1C(F)(F)F. The minimum atomic E-state index is -4.99. The summed E-state index contributed by atoms with van der Waals surface area (Å²) in [5, 5.41) is 16.7. The Kier molecular flexibility index (Phi) is 8.34. The Morgan fingerprint density at radius 3 is 2.36 bits per heavy atom. The van der Waals surface area contributed by atoms with Crippen LogP contribution in [0.4, 0.5) is 40.8 Å². The summed E-state index contributed by atoms with van der Waals surface area (Å²) in [7, 11) is 0. The van der Waals surface area contributed by atoms with Crippen molar-refractivity contribution < 1.29 is 40.2 Å². The van der Waals surface area contributed by atoms with E-state index in [4.69, 9.17) is 0 Å². The number of aromatic nitrogens is 5. The molecule has 0 saturated heterocycles. The zero-order valence-corrected chi connectivity index (χ0v) is 21.3. The van der Waals surface area contributed by atoms with E-state index in [9.17, 15) is 49.8 Å². The molecule has 0 amide bonds. The summed E-state index contributed by atoms with van der Waals surface area (Å²) < 4.78 is 108. The highest BCUT2D eigenvalue weighted by Crippen LogP contribution is 2.33. The number of aliphatic hydroxyl groups is 1. The third-order valence-electron chi connectivity index (χ3n) is 6.15. The van der Waals surface area contributed by atoms with Crippen molar-refractivity contribution in [3.63, 3.8) is 0 Å². The number of aliphatic hydroxyl groups excluding tert-OH is 1. The van der Waals surface area contributed by atoms with Crippen LogP contribution in [0.3, 0.4) is 0 Å². The maximum Gasteiger partial charge on any atom is 0.423 e. The molecule has 0 aliphatic carbocycles. The molecule has 3 aromatic heterocycles. The summed E-state index contributed by atoms with van der Waals surface area (Å²) in [5.74, 6) is -1.31. The van der Waals surface area contributed by atoms with Crippen LogP contribution in [0.5, 0.6) is 0 Å². The highest BCUT2D eigenvalue weighted by molar-refractivity contribution is 5.86. The second kappa shape index (κ2) is 11.5. The molecule has 0 spiro atoms. The van der Waals surface area contributed by atoms with Gasteiger partial charge in [0.25, 0.3) is 11.1 Å². The molecule has 9 nitrogen and oxygen atoms in total. The van der Waals surface area contributed by atoms with Crippen molar-refractivity contribution in [2.75, 3.05) is 5.32 Å². The number of anilines is 1. The number of nitrogens with zero attached hydrogens (tertiary/aromatic N) is 4. The molecule has 0 aliphatic heterocycles. The van der Waals surface area contributed by atoms with E-state index in [1.807, 2.05) is 0 Å². The molecular weight excluding hydrogens is 584 g/mol. The van der Waals surface area contributed by atoms with Crippen molar-refractivity contribution in [2.45, 2.75) is 50.6 Å². The van der Waals surface area contributed by atoms with Gasteiger partial charge in [-0.3, -0.25) is 9.59 Å². The molecule has 0 fully saturated rings. The van der Waals surface area contributed by atoms with Gasteiger partial charge in [0.05, 0.1) is 29.4 Å². The first-order valence-electron chi connectivity index (χ1n) is 12.0. The number of alkyl halides is 7. The molecule has 4 aromatic rings. The molecule has 17 heteroatoms. The lowest BCUT2D eigenvalue weighted by Gasteiger charge is -2.20. The lowest BCUT2D eigenvalue weighted by Crippen LogP contribution is -2.30. The van der Waals surface area contributed by atoms with Gasteiger partial charge in [-0.25, -0.2) is 23.8 Å². The maximum atomic E-state index is 14.9. The fourth-order valence-electron chi connectivity index (χ4n) is 4.21. The van der Waals surface area contributed by atoms with Crippen LogP contribution in [0.2, 0.25) is 0 Å². The fourth-order valence-corrected chi connectivity index (χ4v) is 4.21. The number of H-pyrrole nitrogens is 1. The third-order valence-corrected chi connectivity index (χ3v) is 6.15. The molecule has 42 heavy (non-hydrogen) atoms. The monoisotopic (exact) mass is 604 g/mol. The van der Waals surface area contributed by atoms with Gasteiger partial charge >= 0.3 is 12.4 Å². The molecule has 3 N–H and O–H groups in total. The number of pyridine rings is 1. The third kappa shape index (κ3) is 6.56. The van der Waals surface area contributed by atoms with Gasteiger partial charge < -0.3 is 15.0 Å². The van der Waals surface area contributed by atoms with E-state index in [0.717, 1.165) is 16.8 Å². The number of hydrogen-bond donors (Lipinski definition) is 3. The average molecular weight is 604 g/mol. The predicted octanol–water partition coefficient (Wildman–Crippen LogP) is 4.52. The number of halogens is 8. The topological polar surface area (TPSA) is 126 Å². The number of fused-ring (bicyclic) bond motifs is 1. The first-order chi connectivity index (χ1) is 19.6. The van der Waals surface area contributed by atoms with Gasteiger partial charge in [-0.05, 0) is 30.5 Å². The first kappa shape index (κ1) is 30.5. The largest absolute Gasteiger partial charge is 0.423 e. The molecule has 4 rings (SSSR count). The van der Waals surface area contributed by atoms with Crippen molar-refractivity contribution in [3.05, 3.63) is 80.6 Å². The van der Waals surface area contributed by atoms with E-state index >= 15 is 0 Å². The maximum absolute atomic E-state index is 14.9. The molecule has 0 saturated carbocycles. The van der Waals surface area contributed by atoms with Gasteiger partial charge in [0.1, 0.15) is 17.6 Å². The molecule has 0 aliphatic rings. The lowest BCUT2D eigenvalue weighted by atomic mass is 10.1. The average Bonchev–Trinajstić information content (AvgIpc) is 2.88. The Labute approximate surface area is 229 Å². The van der Waals surface area contributed by atoms with E-state index in [2.05, 4.69) is 20.4 Å². The van der Waals surface area contributed by atoms with Gasteiger partial charge in [-0.2, -0.15) is 31.4 Å².